The highest BCUT2D eigenvalue weighted by Crippen LogP contribution is 2.37. The van der Waals surface area contributed by atoms with Gasteiger partial charge in [-0.2, -0.15) is 10.2 Å². The molecule has 0 aliphatic heterocycles. The van der Waals surface area contributed by atoms with E-state index < -0.39 is 0 Å². The molecule has 1 saturated carbocycles. The van der Waals surface area contributed by atoms with Crippen LogP contribution in [0.15, 0.2) is 18.5 Å². The van der Waals surface area contributed by atoms with Crippen LogP contribution in [0.4, 0.5) is 0 Å². The monoisotopic (exact) mass is 233 g/mol. The summed E-state index contributed by atoms with van der Waals surface area (Å²) in [6.45, 7) is 2.31. The van der Waals surface area contributed by atoms with E-state index >= 15 is 0 Å². The molecule has 0 bridgehead atoms. The van der Waals surface area contributed by atoms with E-state index in [2.05, 4.69) is 35.6 Å². The minimum absolute atomic E-state index is 0.444. The first-order valence-electron chi connectivity index (χ1n) is 6.79. The average Bonchev–Trinajstić information content (AvgIpc) is 2.41. The van der Waals surface area contributed by atoms with Crippen molar-refractivity contribution >= 4 is 0 Å². The van der Waals surface area contributed by atoms with Crippen molar-refractivity contribution in [2.45, 2.75) is 45.1 Å². The molecule has 1 aromatic rings. The van der Waals surface area contributed by atoms with Crippen molar-refractivity contribution < 1.29 is 0 Å². The van der Waals surface area contributed by atoms with Crippen LogP contribution in [0.3, 0.4) is 0 Å². The molecule has 1 N–H and O–H groups in total. The lowest BCUT2D eigenvalue weighted by Gasteiger charge is -2.34. The predicted octanol–water partition coefficient (Wildman–Crippen LogP) is 2.95. The van der Waals surface area contributed by atoms with Gasteiger partial charge in [-0.15, -0.1) is 0 Å². The quantitative estimate of drug-likeness (QED) is 0.869. The van der Waals surface area contributed by atoms with E-state index in [0.29, 0.717) is 6.04 Å². The third kappa shape index (κ3) is 3.03. The Balaban J connectivity index is 2.08. The van der Waals surface area contributed by atoms with Gasteiger partial charge < -0.3 is 5.32 Å². The normalized spacial score (nSPS) is 26.7. The smallest absolute Gasteiger partial charge is 0.0544 e. The number of rotatable bonds is 4. The Bertz CT molecular complexity index is 325. The van der Waals surface area contributed by atoms with Crippen molar-refractivity contribution in [3.05, 3.63) is 24.0 Å². The van der Waals surface area contributed by atoms with Gasteiger partial charge in [0.1, 0.15) is 0 Å². The van der Waals surface area contributed by atoms with E-state index in [9.17, 15) is 0 Å². The van der Waals surface area contributed by atoms with Crippen LogP contribution < -0.4 is 5.32 Å². The summed E-state index contributed by atoms with van der Waals surface area (Å²) in [6, 6.07) is 2.53. The van der Waals surface area contributed by atoms with Crippen LogP contribution in [-0.2, 0) is 0 Å². The van der Waals surface area contributed by atoms with Gasteiger partial charge in [0.25, 0.3) is 0 Å². The van der Waals surface area contributed by atoms with Gasteiger partial charge in [-0.1, -0.05) is 26.2 Å². The zero-order chi connectivity index (χ0) is 12.1. The maximum atomic E-state index is 4.00. The molecule has 3 atom stereocenters. The molecule has 1 fully saturated rings. The van der Waals surface area contributed by atoms with Crippen LogP contribution in [0.5, 0.6) is 0 Å². The molecule has 2 rings (SSSR count). The summed E-state index contributed by atoms with van der Waals surface area (Å²) in [5.41, 5.74) is 1.28. The standard InChI is InChI=1S/C14H23N3/c1-3-11-5-4-6-12(9-11)14(15-2)13-7-8-16-17-10-13/h7-8,10-12,14-15H,3-6,9H2,1-2H3. The van der Waals surface area contributed by atoms with Gasteiger partial charge >= 0.3 is 0 Å². The Hall–Kier alpha value is -0.960. The molecule has 0 spiro atoms. The van der Waals surface area contributed by atoms with E-state index in [1.807, 2.05) is 6.20 Å². The summed E-state index contributed by atoms with van der Waals surface area (Å²) in [4.78, 5) is 0. The van der Waals surface area contributed by atoms with Crippen LogP contribution in [0.2, 0.25) is 0 Å². The minimum atomic E-state index is 0.444. The molecule has 0 radical (unpaired) electrons. The molecule has 0 aromatic carbocycles. The highest BCUT2D eigenvalue weighted by Gasteiger charge is 2.27. The fraction of sp³-hybridized carbons (Fsp3) is 0.714. The predicted molar refractivity (Wildman–Crippen MR) is 69.6 cm³/mol. The average molecular weight is 233 g/mol. The van der Waals surface area contributed by atoms with Crippen LogP contribution in [0, 0.1) is 11.8 Å². The van der Waals surface area contributed by atoms with Gasteiger partial charge in [-0.25, -0.2) is 0 Å². The van der Waals surface area contributed by atoms with Crippen molar-refractivity contribution in [1.29, 1.82) is 0 Å². The number of aromatic nitrogens is 2. The molecular weight excluding hydrogens is 210 g/mol. The summed E-state index contributed by atoms with van der Waals surface area (Å²) in [7, 11) is 2.06. The fourth-order valence-corrected chi connectivity index (χ4v) is 3.17. The highest BCUT2D eigenvalue weighted by molar-refractivity contribution is 5.13. The van der Waals surface area contributed by atoms with Gasteiger partial charge in [0.05, 0.1) is 6.20 Å². The van der Waals surface area contributed by atoms with Crippen molar-refractivity contribution in [3.8, 4) is 0 Å². The Morgan fingerprint density at radius 3 is 2.94 bits per heavy atom. The second-order valence-electron chi connectivity index (χ2n) is 5.14. The summed E-state index contributed by atoms with van der Waals surface area (Å²) in [5, 5.41) is 11.3. The van der Waals surface area contributed by atoms with Crippen molar-refractivity contribution in [3.63, 3.8) is 0 Å². The molecule has 94 valence electrons. The van der Waals surface area contributed by atoms with Gasteiger partial charge in [0.2, 0.25) is 0 Å². The number of hydrogen-bond acceptors (Lipinski definition) is 3. The molecule has 0 amide bonds. The van der Waals surface area contributed by atoms with E-state index in [1.54, 1.807) is 6.20 Å². The molecular formula is C14H23N3. The number of hydrogen-bond donors (Lipinski definition) is 1. The third-order valence-corrected chi connectivity index (χ3v) is 4.15. The first-order chi connectivity index (χ1) is 8.35. The molecule has 3 heteroatoms. The van der Waals surface area contributed by atoms with Crippen molar-refractivity contribution in [2.24, 2.45) is 11.8 Å². The lowest BCUT2D eigenvalue weighted by atomic mass is 9.75. The van der Waals surface area contributed by atoms with E-state index in [4.69, 9.17) is 0 Å². The Morgan fingerprint density at radius 1 is 1.41 bits per heavy atom. The SMILES string of the molecule is CCC1CCCC(C(NC)c2ccnnc2)C1. The number of nitrogens with one attached hydrogen (secondary N) is 1. The lowest BCUT2D eigenvalue weighted by Crippen LogP contribution is -2.29. The van der Waals surface area contributed by atoms with E-state index in [0.717, 1.165) is 11.8 Å². The molecule has 1 aromatic heterocycles. The Labute approximate surface area is 104 Å². The number of nitrogens with zero attached hydrogens (tertiary/aromatic N) is 2. The van der Waals surface area contributed by atoms with Crippen LogP contribution >= 0.6 is 0 Å². The van der Waals surface area contributed by atoms with Crippen LogP contribution in [0.1, 0.15) is 50.6 Å². The lowest BCUT2D eigenvalue weighted by molar-refractivity contribution is 0.214. The summed E-state index contributed by atoms with van der Waals surface area (Å²) in [6.07, 6.45) is 10.5. The van der Waals surface area contributed by atoms with Gasteiger partial charge in [-0.05, 0) is 43.4 Å². The maximum Gasteiger partial charge on any atom is 0.0544 e. The topological polar surface area (TPSA) is 37.8 Å². The zero-order valence-electron chi connectivity index (χ0n) is 10.9. The summed E-state index contributed by atoms with van der Waals surface area (Å²) >= 11 is 0. The van der Waals surface area contributed by atoms with Crippen LogP contribution in [-0.4, -0.2) is 17.2 Å². The van der Waals surface area contributed by atoms with Crippen molar-refractivity contribution in [2.75, 3.05) is 7.05 Å². The summed E-state index contributed by atoms with van der Waals surface area (Å²) in [5.74, 6) is 1.67. The van der Waals surface area contributed by atoms with E-state index in [1.165, 1.54) is 37.7 Å². The first-order valence-corrected chi connectivity index (χ1v) is 6.79. The molecule has 17 heavy (non-hydrogen) atoms. The molecule has 3 unspecified atom stereocenters. The van der Waals surface area contributed by atoms with Gasteiger partial charge in [-0.3, -0.25) is 0 Å². The molecule has 1 heterocycles. The Kier molecular flexibility index (Phi) is 4.49. The summed E-state index contributed by atoms with van der Waals surface area (Å²) < 4.78 is 0. The van der Waals surface area contributed by atoms with E-state index in [-0.39, 0.29) is 0 Å². The Morgan fingerprint density at radius 2 is 2.29 bits per heavy atom. The second-order valence-corrected chi connectivity index (χ2v) is 5.14. The third-order valence-electron chi connectivity index (χ3n) is 4.15. The molecule has 3 nitrogen and oxygen atoms in total. The first kappa shape index (κ1) is 12.5. The largest absolute Gasteiger partial charge is 0.313 e. The molecule has 1 aliphatic carbocycles. The second kappa shape index (κ2) is 6.10. The highest BCUT2D eigenvalue weighted by atomic mass is 15.1. The zero-order valence-corrected chi connectivity index (χ0v) is 10.9. The minimum Gasteiger partial charge on any atom is -0.313 e. The maximum absolute atomic E-state index is 4.00. The van der Waals surface area contributed by atoms with Gasteiger partial charge in [0.15, 0.2) is 0 Å². The molecule has 1 aliphatic rings. The molecule has 0 saturated heterocycles. The van der Waals surface area contributed by atoms with Crippen molar-refractivity contribution in [1.82, 2.24) is 15.5 Å². The van der Waals surface area contributed by atoms with Gasteiger partial charge in [0, 0.05) is 12.2 Å². The van der Waals surface area contributed by atoms with Crippen LogP contribution in [0.25, 0.3) is 0 Å². The fourth-order valence-electron chi connectivity index (χ4n) is 3.17.